The maximum Gasteiger partial charge on any atom is 0.249 e. The molecule has 1 aromatic heterocycles. The largest absolute Gasteiger partial charge is 0.339 e. The van der Waals surface area contributed by atoms with Crippen molar-refractivity contribution in [3.05, 3.63) is 58.7 Å². The van der Waals surface area contributed by atoms with Crippen LogP contribution in [0.4, 0.5) is 28.8 Å². The molecule has 0 bridgehead atoms. The molecule has 26 heavy (non-hydrogen) atoms. The number of benzene rings is 2. The van der Waals surface area contributed by atoms with E-state index in [0.717, 1.165) is 5.69 Å². The Labute approximate surface area is 159 Å². The second kappa shape index (κ2) is 7.99. The standard InChI is InChI=1S/C17H14Cl2N6O/c1-10(26)21-11-3-2-4-12(7-11)22-16-9-20-25-17(24-16)23-13-5-6-14(18)15(19)8-13/h2-9H,1H3,(H,21,26)(H2,22,23,24,25). The highest BCUT2D eigenvalue weighted by atomic mass is 35.5. The summed E-state index contributed by atoms with van der Waals surface area (Å²) in [4.78, 5) is 15.5. The SMILES string of the molecule is CC(=O)Nc1cccc(Nc2cnnc(Nc3ccc(Cl)c(Cl)c3)n2)c1. The van der Waals surface area contributed by atoms with Crippen molar-refractivity contribution in [1.82, 2.24) is 15.2 Å². The molecule has 0 fully saturated rings. The summed E-state index contributed by atoms with van der Waals surface area (Å²) in [6.45, 7) is 1.45. The summed E-state index contributed by atoms with van der Waals surface area (Å²) in [6.07, 6.45) is 1.49. The van der Waals surface area contributed by atoms with Crippen molar-refractivity contribution in [3.63, 3.8) is 0 Å². The average Bonchev–Trinajstić information content (AvgIpc) is 2.58. The molecule has 7 nitrogen and oxygen atoms in total. The van der Waals surface area contributed by atoms with E-state index in [2.05, 4.69) is 31.1 Å². The number of carbonyl (C=O) groups is 1. The predicted octanol–water partition coefficient (Wildman–Crippen LogP) is 4.62. The van der Waals surface area contributed by atoms with E-state index in [1.54, 1.807) is 30.3 Å². The van der Waals surface area contributed by atoms with E-state index < -0.39 is 0 Å². The molecule has 0 unspecified atom stereocenters. The Bertz CT molecular complexity index is 950. The van der Waals surface area contributed by atoms with Crippen LogP contribution in [0.15, 0.2) is 48.7 Å². The van der Waals surface area contributed by atoms with Gasteiger partial charge < -0.3 is 16.0 Å². The molecule has 2 aromatic carbocycles. The highest BCUT2D eigenvalue weighted by molar-refractivity contribution is 6.42. The van der Waals surface area contributed by atoms with E-state index in [1.165, 1.54) is 13.1 Å². The fourth-order valence-corrected chi connectivity index (χ4v) is 2.44. The van der Waals surface area contributed by atoms with Gasteiger partial charge in [-0.05, 0) is 36.4 Å². The lowest BCUT2D eigenvalue weighted by molar-refractivity contribution is -0.114. The van der Waals surface area contributed by atoms with Gasteiger partial charge in [-0.3, -0.25) is 4.79 Å². The van der Waals surface area contributed by atoms with Gasteiger partial charge in [0, 0.05) is 24.0 Å². The molecule has 132 valence electrons. The van der Waals surface area contributed by atoms with Crippen LogP contribution in [0.3, 0.4) is 0 Å². The Balaban J connectivity index is 1.75. The van der Waals surface area contributed by atoms with Crippen molar-refractivity contribution < 1.29 is 4.79 Å². The first kappa shape index (κ1) is 17.9. The molecule has 9 heteroatoms. The summed E-state index contributed by atoms with van der Waals surface area (Å²) >= 11 is 11.9. The number of hydrogen-bond acceptors (Lipinski definition) is 6. The molecule has 1 heterocycles. The van der Waals surface area contributed by atoms with E-state index in [9.17, 15) is 4.79 Å². The topological polar surface area (TPSA) is 91.8 Å². The monoisotopic (exact) mass is 388 g/mol. The Hall–Kier alpha value is -2.90. The zero-order valence-electron chi connectivity index (χ0n) is 13.6. The lowest BCUT2D eigenvalue weighted by atomic mass is 10.2. The molecule has 0 aliphatic carbocycles. The van der Waals surface area contributed by atoms with Crippen LogP contribution in [0.1, 0.15) is 6.92 Å². The van der Waals surface area contributed by atoms with Gasteiger partial charge in [0.15, 0.2) is 5.82 Å². The van der Waals surface area contributed by atoms with Crippen LogP contribution < -0.4 is 16.0 Å². The first-order valence-electron chi connectivity index (χ1n) is 7.56. The van der Waals surface area contributed by atoms with Gasteiger partial charge in [-0.2, -0.15) is 10.1 Å². The molecule has 0 spiro atoms. The smallest absolute Gasteiger partial charge is 0.249 e. The number of carbonyl (C=O) groups excluding carboxylic acids is 1. The minimum atomic E-state index is -0.140. The van der Waals surface area contributed by atoms with Gasteiger partial charge in [-0.25, -0.2) is 0 Å². The molecule has 3 rings (SSSR count). The number of hydrogen-bond donors (Lipinski definition) is 3. The third-order valence-corrected chi connectivity index (χ3v) is 3.93. The third kappa shape index (κ3) is 4.81. The number of halogens is 2. The van der Waals surface area contributed by atoms with Crippen LogP contribution in [0.25, 0.3) is 0 Å². The molecule has 1 amide bonds. The minimum Gasteiger partial charge on any atom is -0.339 e. The van der Waals surface area contributed by atoms with Crippen LogP contribution >= 0.6 is 23.2 Å². The van der Waals surface area contributed by atoms with Crippen LogP contribution in [0.2, 0.25) is 10.0 Å². The van der Waals surface area contributed by atoms with Crippen LogP contribution in [0, 0.1) is 0 Å². The summed E-state index contributed by atoms with van der Waals surface area (Å²) in [7, 11) is 0. The number of aromatic nitrogens is 3. The fraction of sp³-hybridized carbons (Fsp3) is 0.0588. The van der Waals surface area contributed by atoms with Gasteiger partial charge in [-0.15, -0.1) is 5.10 Å². The quantitative estimate of drug-likeness (QED) is 0.590. The summed E-state index contributed by atoms with van der Waals surface area (Å²) in [5, 5.41) is 17.6. The van der Waals surface area contributed by atoms with Gasteiger partial charge in [0.05, 0.1) is 16.2 Å². The third-order valence-electron chi connectivity index (χ3n) is 3.19. The Morgan fingerprint density at radius 2 is 1.73 bits per heavy atom. The highest BCUT2D eigenvalue weighted by Gasteiger charge is 2.05. The van der Waals surface area contributed by atoms with Gasteiger partial charge in [-0.1, -0.05) is 29.3 Å². The van der Waals surface area contributed by atoms with Crippen LogP contribution in [-0.2, 0) is 4.79 Å². The predicted molar refractivity (Wildman–Crippen MR) is 104 cm³/mol. The van der Waals surface area contributed by atoms with E-state index >= 15 is 0 Å². The minimum absolute atomic E-state index is 0.140. The first-order valence-corrected chi connectivity index (χ1v) is 8.32. The van der Waals surface area contributed by atoms with Crippen molar-refractivity contribution in [2.45, 2.75) is 6.92 Å². The summed E-state index contributed by atoms with van der Waals surface area (Å²) < 4.78 is 0. The van der Waals surface area contributed by atoms with Crippen molar-refractivity contribution in [1.29, 1.82) is 0 Å². The highest BCUT2D eigenvalue weighted by Crippen LogP contribution is 2.26. The summed E-state index contributed by atoms with van der Waals surface area (Å²) in [5.74, 6) is 0.646. The number of nitrogens with zero attached hydrogens (tertiary/aromatic N) is 3. The Kier molecular flexibility index (Phi) is 5.50. The number of rotatable bonds is 5. The van der Waals surface area contributed by atoms with E-state index in [-0.39, 0.29) is 5.91 Å². The Morgan fingerprint density at radius 3 is 2.50 bits per heavy atom. The normalized spacial score (nSPS) is 10.3. The van der Waals surface area contributed by atoms with Crippen molar-refractivity contribution >= 4 is 57.9 Å². The fourth-order valence-electron chi connectivity index (χ4n) is 2.15. The second-order valence-corrected chi connectivity index (χ2v) is 6.12. The molecule has 0 saturated heterocycles. The summed E-state index contributed by atoms with van der Waals surface area (Å²) in [6, 6.07) is 12.3. The molecule has 3 N–H and O–H groups in total. The van der Waals surface area contributed by atoms with E-state index in [4.69, 9.17) is 23.2 Å². The second-order valence-electron chi connectivity index (χ2n) is 5.31. The molecular formula is C17H14Cl2N6O. The lowest BCUT2D eigenvalue weighted by Gasteiger charge is -2.09. The van der Waals surface area contributed by atoms with Crippen molar-refractivity contribution in [2.75, 3.05) is 16.0 Å². The number of amides is 1. The Morgan fingerprint density at radius 1 is 0.962 bits per heavy atom. The maximum absolute atomic E-state index is 11.2. The van der Waals surface area contributed by atoms with Gasteiger partial charge in [0.1, 0.15) is 0 Å². The van der Waals surface area contributed by atoms with Crippen molar-refractivity contribution in [2.24, 2.45) is 0 Å². The summed E-state index contributed by atoms with van der Waals surface area (Å²) in [5.41, 5.74) is 2.11. The van der Waals surface area contributed by atoms with Gasteiger partial charge in [0.25, 0.3) is 0 Å². The molecule has 3 aromatic rings. The van der Waals surface area contributed by atoms with Crippen LogP contribution in [-0.4, -0.2) is 21.1 Å². The van der Waals surface area contributed by atoms with E-state index in [0.29, 0.717) is 33.2 Å². The number of nitrogens with one attached hydrogen (secondary N) is 3. The van der Waals surface area contributed by atoms with E-state index in [1.807, 2.05) is 12.1 Å². The average molecular weight is 389 g/mol. The zero-order chi connectivity index (χ0) is 18.5. The van der Waals surface area contributed by atoms with Gasteiger partial charge in [0.2, 0.25) is 11.9 Å². The molecule has 0 aliphatic heterocycles. The molecule has 0 saturated carbocycles. The molecular weight excluding hydrogens is 375 g/mol. The maximum atomic E-state index is 11.2. The first-order chi connectivity index (χ1) is 12.5. The lowest BCUT2D eigenvalue weighted by Crippen LogP contribution is -2.06. The molecule has 0 aliphatic rings. The molecule has 0 radical (unpaired) electrons. The number of anilines is 5. The molecule has 0 atom stereocenters. The van der Waals surface area contributed by atoms with Crippen LogP contribution in [0.5, 0.6) is 0 Å². The zero-order valence-corrected chi connectivity index (χ0v) is 15.1. The van der Waals surface area contributed by atoms with Crippen molar-refractivity contribution in [3.8, 4) is 0 Å². The van der Waals surface area contributed by atoms with Gasteiger partial charge >= 0.3 is 0 Å².